The summed E-state index contributed by atoms with van der Waals surface area (Å²) in [6, 6.07) is 0. The highest BCUT2D eigenvalue weighted by Crippen LogP contribution is 2.43. The van der Waals surface area contributed by atoms with Gasteiger partial charge in [0, 0.05) is 12.4 Å². The standard InChI is InChI=1S/C13H20BrClN2/c1-3-10-12(15)11(17(2)16-10)8-13(9-14)6-4-5-7-13/h3-9H2,1-2H3. The van der Waals surface area contributed by atoms with E-state index >= 15 is 0 Å². The van der Waals surface area contributed by atoms with Crippen molar-refractivity contribution >= 4 is 27.5 Å². The average molecular weight is 320 g/mol. The minimum absolute atomic E-state index is 0.405. The van der Waals surface area contributed by atoms with Crippen LogP contribution in [0.1, 0.15) is 44.0 Å². The number of aryl methyl sites for hydroxylation is 2. The van der Waals surface area contributed by atoms with Crippen molar-refractivity contribution in [2.24, 2.45) is 12.5 Å². The molecule has 0 atom stereocenters. The smallest absolute Gasteiger partial charge is 0.0849 e. The minimum Gasteiger partial charge on any atom is -0.271 e. The topological polar surface area (TPSA) is 17.8 Å². The van der Waals surface area contributed by atoms with Crippen LogP contribution in [0.3, 0.4) is 0 Å². The van der Waals surface area contributed by atoms with Crippen molar-refractivity contribution < 1.29 is 0 Å². The molecule has 0 saturated heterocycles. The normalized spacial score (nSPS) is 18.8. The zero-order chi connectivity index (χ0) is 12.5. The molecule has 0 N–H and O–H groups in total. The van der Waals surface area contributed by atoms with Crippen LogP contribution in [0.25, 0.3) is 0 Å². The Kier molecular flexibility index (Phi) is 4.19. The molecule has 1 aromatic rings. The van der Waals surface area contributed by atoms with E-state index in [0.29, 0.717) is 5.41 Å². The third kappa shape index (κ3) is 2.55. The first-order valence-corrected chi connectivity index (χ1v) is 7.88. The summed E-state index contributed by atoms with van der Waals surface area (Å²) in [5.41, 5.74) is 2.65. The van der Waals surface area contributed by atoms with Gasteiger partial charge in [-0.15, -0.1) is 0 Å². The molecule has 0 spiro atoms. The third-order valence-corrected chi connectivity index (χ3v) is 5.62. The van der Waals surface area contributed by atoms with Crippen molar-refractivity contribution in [2.75, 3.05) is 5.33 Å². The van der Waals surface area contributed by atoms with Crippen molar-refractivity contribution in [2.45, 2.75) is 45.4 Å². The molecule has 4 heteroatoms. The summed E-state index contributed by atoms with van der Waals surface area (Å²) in [7, 11) is 2.01. The van der Waals surface area contributed by atoms with Gasteiger partial charge in [-0.2, -0.15) is 5.10 Å². The Balaban J connectivity index is 2.25. The van der Waals surface area contributed by atoms with E-state index in [1.165, 1.54) is 31.4 Å². The fourth-order valence-corrected chi connectivity index (χ4v) is 3.97. The molecule has 96 valence electrons. The summed E-state index contributed by atoms with van der Waals surface area (Å²) in [5, 5.41) is 6.47. The molecule has 0 unspecified atom stereocenters. The molecule has 0 bridgehead atoms. The van der Waals surface area contributed by atoms with Gasteiger partial charge in [0.25, 0.3) is 0 Å². The molecule has 0 radical (unpaired) electrons. The van der Waals surface area contributed by atoms with Gasteiger partial charge in [-0.1, -0.05) is 47.3 Å². The van der Waals surface area contributed by atoms with Gasteiger partial charge in [-0.3, -0.25) is 4.68 Å². The molecule has 1 saturated carbocycles. The lowest BCUT2D eigenvalue weighted by molar-refractivity contribution is 0.337. The van der Waals surface area contributed by atoms with Crippen molar-refractivity contribution in [3.63, 3.8) is 0 Å². The summed E-state index contributed by atoms with van der Waals surface area (Å²) in [5.74, 6) is 0. The van der Waals surface area contributed by atoms with E-state index in [4.69, 9.17) is 11.6 Å². The predicted octanol–water partition coefficient (Wildman–Crippen LogP) is 4.13. The highest BCUT2D eigenvalue weighted by Gasteiger charge is 2.34. The Bertz CT molecular complexity index is 394. The zero-order valence-corrected chi connectivity index (χ0v) is 12.9. The quantitative estimate of drug-likeness (QED) is 0.763. The largest absolute Gasteiger partial charge is 0.271 e. The molecule has 1 fully saturated rings. The van der Waals surface area contributed by atoms with Crippen molar-refractivity contribution in [3.8, 4) is 0 Å². The Hall–Kier alpha value is -0.0200. The molecule has 0 amide bonds. The summed E-state index contributed by atoms with van der Waals surface area (Å²) in [6.07, 6.45) is 7.28. The Morgan fingerprint density at radius 1 is 1.41 bits per heavy atom. The summed E-state index contributed by atoms with van der Waals surface area (Å²) in [6.45, 7) is 2.10. The first kappa shape index (κ1) is 13.4. The van der Waals surface area contributed by atoms with Crippen LogP contribution >= 0.6 is 27.5 Å². The van der Waals surface area contributed by atoms with Gasteiger partial charge in [0.15, 0.2) is 0 Å². The van der Waals surface area contributed by atoms with Gasteiger partial charge in [-0.25, -0.2) is 0 Å². The molecular formula is C13H20BrClN2. The molecule has 1 heterocycles. The van der Waals surface area contributed by atoms with E-state index in [1.807, 2.05) is 11.7 Å². The summed E-state index contributed by atoms with van der Waals surface area (Å²) < 4.78 is 1.98. The lowest BCUT2D eigenvalue weighted by Gasteiger charge is -2.26. The maximum atomic E-state index is 6.43. The summed E-state index contributed by atoms with van der Waals surface area (Å²) in [4.78, 5) is 0. The van der Waals surface area contributed by atoms with Crippen molar-refractivity contribution in [3.05, 3.63) is 16.4 Å². The fraction of sp³-hybridized carbons (Fsp3) is 0.769. The summed E-state index contributed by atoms with van der Waals surface area (Å²) >= 11 is 10.1. The van der Waals surface area contributed by atoms with E-state index in [9.17, 15) is 0 Å². The van der Waals surface area contributed by atoms with Gasteiger partial charge >= 0.3 is 0 Å². The van der Waals surface area contributed by atoms with Crippen LogP contribution in [0.4, 0.5) is 0 Å². The van der Waals surface area contributed by atoms with Crippen LogP contribution in [0.5, 0.6) is 0 Å². The first-order valence-electron chi connectivity index (χ1n) is 6.38. The molecule has 2 rings (SSSR count). The first-order chi connectivity index (χ1) is 8.12. The molecule has 0 aliphatic heterocycles. The second-order valence-corrected chi connectivity index (χ2v) is 6.14. The van der Waals surface area contributed by atoms with Crippen LogP contribution in [0.2, 0.25) is 5.02 Å². The maximum absolute atomic E-state index is 6.43. The van der Waals surface area contributed by atoms with E-state index < -0.39 is 0 Å². The third-order valence-electron chi connectivity index (χ3n) is 3.99. The van der Waals surface area contributed by atoms with E-state index in [0.717, 1.165) is 28.9 Å². The second-order valence-electron chi connectivity index (χ2n) is 5.20. The van der Waals surface area contributed by atoms with Gasteiger partial charge in [0.05, 0.1) is 16.4 Å². The Morgan fingerprint density at radius 2 is 2.06 bits per heavy atom. The van der Waals surface area contributed by atoms with Gasteiger partial charge in [0.1, 0.15) is 0 Å². The van der Waals surface area contributed by atoms with E-state index in [2.05, 4.69) is 28.0 Å². The molecule has 17 heavy (non-hydrogen) atoms. The van der Waals surface area contributed by atoms with Crippen LogP contribution < -0.4 is 0 Å². The number of nitrogens with zero attached hydrogens (tertiary/aromatic N) is 2. The molecule has 1 aromatic heterocycles. The van der Waals surface area contributed by atoms with Crippen LogP contribution in [0, 0.1) is 5.41 Å². The van der Waals surface area contributed by atoms with Crippen LogP contribution in [-0.2, 0) is 19.9 Å². The Labute approximate surface area is 117 Å². The van der Waals surface area contributed by atoms with Gasteiger partial charge < -0.3 is 0 Å². The SMILES string of the molecule is CCc1nn(C)c(CC2(CBr)CCCC2)c1Cl. The number of hydrogen-bond donors (Lipinski definition) is 0. The molecule has 1 aliphatic rings. The van der Waals surface area contributed by atoms with Gasteiger partial charge in [0.2, 0.25) is 0 Å². The highest BCUT2D eigenvalue weighted by atomic mass is 79.9. The predicted molar refractivity (Wildman–Crippen MR) is 76.0 cm³/mol. The van der Waals surface area contributed by atoms with Gasteiger partial charge in [-0.05, 0) is 31.1 Å². The second kappa shape index (κ2) is 5.31. The molecule has 1 aliphatic carbocycles. The number of rotatable bonds is 4. The lowest BCUT2D eigenvalue weighted by Crippen LogP contribution is -2.23. The number of aromatic nitrogens is 2. The van der Waals surface area contributed by atoms with Crippen molar-refractivity contribution in [1.82, 2.24) is 9.78 Å². The fourth-order valence-electron chi connectivity index (χ4n) is 2.85. The number of hydrogen-bond acceptors (Lipinski definition) is 1. The molecular weight excluding hydrogens is 300 g/mol. The molecule has 2 nitrogen and oxygen atoms in total. The van der Waals surface area contributed by atoms with E-state index in [-0.39, 0.29) is 0 Å². The monoisotopic (exact) mass is 318 g/mol. The lowest BCUT2D eigenvalue weighted by atomic mass is 9.83. The highest BCUT2D eigenvalue weighted by molar-refractivity contribution is 9.09. The van der Waals surface area contributed by atoms with Crippen molar-refractivity contribution in [1.29, 1.82) is 0 Å². The molecule has 0 aromatic carbocycles. The van der Waals surface area contributed by atoms with Crippen LogP contribution in [-0.4, -0.2) is 15.1 Å². The van der Waals surface area contributed by atoms with E-state index in [1.54, 1.807) is 0 Å². The maximum Gasteiger partial charge on any atom is 0.0849 e. The number of halogens is 2. The Morgan fingerprint density at radius 3 is 2.53 bits per heavy atom. The average Bonchev–Trinajstić information content (AvgIpc) is 2.90. The van der Waals surface area contributed by atoms with Crippen LogP contribution in [0.15, 0.2) is 0 Å². The number of alkyl halides is 1. The zero-order valence-electron chi connectivity index (χ0n) is 10.6. The minimum atomic E-state index is 0.405.